The lowest BCUT2D eigenvalue weighted by atomic mass is 10.0. The third-order valence-corrected chi connectivity index (χ3v) is 4.03. The van der Waals surface area contributed by atoms with Crippen molar-refractivity contribution in [3.8, 4) is 0 Å². The fraction of sp³-hybridized carbons (Fsp3) is 0.111. The molecule has 0 radical (unpaired) electrons. The molecule has 1 N–H and O–H groups in total. The summed E-state index contributed by atoms with van der Waals surface area (Å²) >= 11 is 3.46. The van der Waals surface area contributed by atoms with Crippen molar-refractivity contribution in [2.75, 3.05) is 5.32 Å². The summed E-state index contributed by atoms with van der Waals surface area (Å²) in [6.07, 6.45) is 0. The molecule has 1 unspecified atom stereocenters. The van der Waals surface area contributed by atoms with Gasteiger partial charge in [0.15, 0.2) is 0 Å². The van der Waals surface area contributed by atoms with Crippen LogP contribution in [0.3, 0.4) is 0 Å². The molecule has 1 nitrogen and oxygen atoms in total. The molecule has 0 aliphatic heterocycles. The van der Waals surface area contributed by atoms with Crippen LogP contribution < -0.4 is 5.32 Å². The zero-order valence-corrected chi connectivity index (χ0v) is 12.9. The maximum Gasteiger partial charge on any atom is 0.0485 e. The van der Waals surface area contributed by atoms with E-state index in [-0.39, 0.29) is 6.04 Å². The van der Waals surface area contributed by atoms with E-state index in [1.54, 1.807) is 0 Å². The third-order valence-electron chi connectivity index (χ3n) is 3.50. The van der Waals surface area contributed by atoms with Gasteiger partial charge in [0, 0.05) is 16.2 Å². The van der Waals surface area contributed by atoms with Crippen molar-refractivity contribution in [1.82, 2.24) is 0 Å². The zero-order chi connectivity index (χ0) is 13.9. The van der Waals surface area contributed by atoms with Gasteiger partial charge in [0.2, 0.25) is 0 Å². The van der Waals surface area contributed by atoms with Crippen LogP contribution in [0.5, 0.6) is 0 Å². The van der Waals surface area contributed by atoms with Crippen molar-refractivity contribution in [3.63, 3.8) is 0 Å². The van der Waals surface area contributed by atoms with Gasteiger partial charge in [-0.25, -0.2) is 0 Å². The first kappa shape index (κ1) is 13.2. The quantitative estimate of drug-likeness (QED) is 0.644. The molecule has 3 aromatic carbocycles. The summed E-state index contributed by atoms with van der Waals surface area (Å²) in [6, 6.07) is 23.6. The molecule has 0 saturated heterocycles. The van der Waals surface area contributed by atoms with Gasteiger partial charge < -0.3 is 5.32 Å². The molecule has 0 spiro atoms. The molecule has 0 bridgehead atoms. The van der Waals surface area contributed by atoms with Gasteiger partial charge in [0.05, 0.1) is 0 Å². The van der Waals surface area contributed by atoms with Crippen molar-refractivity contribution in [2.24, 2.45) is 0 Å². The fourth-order valence-corrected chi connectivity index (χ4v) is 2.62. The molecule has 3 rings (SSSR count). The van der Waals surface area contributed by atoms with E-state index >= 15 is 0 Å². The molecule has 3 aromatic rings. The number of benzene rings is 3. The van der Waals surface area contributed by atoms with Gasteiger partial charge in [0.1, 0.15) is 0 Å². The maximum absolute atomic E-state index is 3.53. The highest BCUT2D eigenvalue weighted by atomic mass is 79.9. The number of halogens is 1. The topological polar surface area (TPSA) is 12.0 Å². The molecule has 0 aliphatic carbocycles. The van der Waals surface area contributed by atoms with Crippen molar-refractivity contribution < 1.29 is 0 Å². The van der Waals surface area contributed by atoms with Crippen LogP contribution in [0.4, 0.5) is 5.69 Å². The van der Waals surface area contributed by atoms with E-state index in [0.717, 1.165) is 10.2 Å². The number of fused-ring (bicyclic) bond motifs is 1. The molecule has 0 saturated carbocycles. The molecule has 1 atom stereocenters. The van der Waals surface area contributed by atoms with E-state index in [9.17, 15) is 0 Å². The Morgan fingerprint density at radius 2 is 1.55 bits per heavy atom. The predicted molar refractivity (Wildman–Crippen MR) is 90.1 cm³/mol. The van der Waals surface area contributed by atoms with Gasteiger partial charge in [0.25, 0.3) is 0 Å². The number of anilines is 1. The van der Waals surface area contributed by atoms with Crippen molar-refractivity contribution >= 4 is 32.4 Å². The van der Waals surface area contributed by atoms with Gasteiger partial charge in [-0.1, -0.05) is 52.3 Å². The third kappa shape index (κ3) is 2.86. The smallest absolute Gasteiger partial charge is 0.0485 e. The SMILES string of the molecule is CC(Nc1ccc(Br)cc1)c1ccc2ccccc2c1. The molecular weight excluding hydrogens is 310 g/mol. The van der Waals surface area contributed by atoms with E-state index in [4.69, 9.17) is 0 Å². The molecule has 100 valence electrons. The fourth-order valence-electron chi connectivity index (χ4n) is 2.36. The largest absolute Gasteiger partial charge is 0.379 e. The molecule has 0 heterocycles. The molecule has 2 heteroatoms. The Bertz CT molecular complexity index is 719. The summed E-state index contributed by atoms with van der Waals surface area (Å²) in [5.41, 5.74) is 2.43. The normalized spacial score (nSPS) is 12.3. The van der Waals surface area contributed by atoms with E-state index in [1.807, 2.05) is 0 Å². The van der Waals surface area contributed by atoms with Crippen LogP contribution in [0.2, 0.25) is 0 Å². The molecule has 20 heavy (non-hydrogen) atoms. The van der Waals surface area contributed by atoms with Crippen molar-refractivity contribution in [3.05, 3.63) is 76.8 Å². The van der Waals surface area contributed by atoms with Crippen LogP contribution in [-0.2, 0) is 0 Å². The lowest BCUT2D eigenvalue weighted by Crippen LogP contribution is -2.06. The Balaban J connectivity index is 1.84. The summed E-state index contributed by atoms with van der Waals surface area (Å²) in [4.78, 5) is 0. The van der Waals surface area contributed by atoms with Crippen LogP contribution in [-0.4, -0.2) is 0 Å². The highest BCUT2D eigenvalue weighted by Gasteiger charge is 2.06. The number of hydrogen-bond acceptors (Lipinski definition) is 1. The minimum absolute atomic E-state index is 0.279. The lowest BCUT2D eigenvalue weighted by Gasteiger charge is -2.16. The van der Waals surface area contributed by atoms with Crippen molar-refractivity contribution in [1.29, 1.82) is 0 Å². The average Bonchev–Trinajstić information content (AvgIpc) is 2.49. The van der Waals surface area contributed by atoms with Crippen molar-refractivity contribution in [2.45, 2.75) is 13.0 Å². The lowest BCUT2D eigenvalue weighted by molar-refractivity contribution is 0.887. The second kappa shape index (κ2) is 5.68. The molecule has 0 aromatic heterocycles. The first-order valence-electron chi connectivity index (χ1n) is 6.73. The summed E-state index contributed by atoms with van der Waals surface area (Å²) < 4.78 is 1.10. The molecule has 0 amide bonds. The molecule has 0 aliphatic rings. The van der Waals surface area contributed by atoms with Gasteiger partial charge in [-0.3, -0.25) is 0 Å². The second-order valence-electron chi connectivity index (χ2n) is 4.98. The minimum Gasteiger partial charge on any atom is -0.379 e. The Morgan fingerprint density at radius 3 is 2.30 bits per heavy atom. The predicted octanol–water partition coefficient (Wildman–Crippen LogP) is 5.78. The molecule has 0 fully saturated rings. The van der Waals surface area contributed by atoms with Gasteiger partial charge in [-0.2, -0.15) is 0 Å². The van der Waals surface area contributed by atoms with Gasteiger partial charge >= 0.3 is 0 Å². The Hall–Kier alpha value is -1.80. The minimum atomic E-state index is 0.279. The standard InChI is InChI=1S/C18H16BrN/c1-13(20-18-10-8-17(19)9-11-18)15-7-6-14-4-2-3-5-16(14)12-15/h2-13,20H,1H3. The average molecular weight is 326 g/mol. The summed E-state index contributed by atoms with van der Waals surface area (Å²) in [5.74, 6) is 0. The van der Waals surface area contributed by atoms with Crippen LogP contribution in [0.25, 0.3) is 10.8 Å². The van der Waals surface area contributed by atoms with Gasteiger partial charge in [-0.05, 0) is 53.6 Å². The number of rotatable bonds is 3. The van der Waals surface area contributed by atoms with Crippen LogP contribution >= 0.6 is 15.9 Å². The number of nitrogens with one attached hydrogen (secondary N) is 1. The van der Waals surface area contributed by atoms with Gasteiger partial charge in [-0.15, -0.1) is 0 Å². The second-order valence-corrected chi connectivity index (χ2v) is 5.90. The number of hydrogen-bond donors (Lipinski definition) is 1. The monoisotopic (exact) mass is 325 g/mol. The van der Waals surface area contributed by atoms with Crippen LogP contribution in [0.1, 0.15) is 18.5 Å². The molecular formula is C18H16BrN. The first-order valence-corrected chi connectivity index (χ1v) is 7.52. The van der Waals surface area contributed by atoms with E-state index in [1.165, 1.54) is 16.3 Å². The maximum atomic E-state index is 3.53. The summed E-state index contributed by atoms with van der Waals surface area (Å²) in [7, 11) is 0. The van der Waals surface area contributed by atoms with E-state index in [2.05, 4.69) is 94.9 Å². The summed E-state index contributed by atoms with van der Waals surface area (Å²) in [6.45, 7) is 2.19. The Labute approximate surface area is 127 Å². The highest BCUT2D eigenvalue weighted by Crippen LogP contribution is 2.24. The Morgan fingerprint density at radius 1 is 0.850 bits per heavy atom. The van der Waals surface area contributed by atoms with E-state index in [0.29, 0.717) is 0 Å². The van der Waals surface area contributed by atoms with Crippen LogP contribution in [0.15, 0.2) is 71.2 Å². The van der Waals surface area contributed by atoms with Crippen LogP contribution in [0, 0.1) is 0 Å². The summed E-state index contributed by atoms with van der Waals surface area (Å²) in [5, 5.41) is 6.10. The highest BCUT2D eigenvalue weighted by molar-refractivity contribution is 9.10. The van der Waals surface area contributed by atoms with E-state index < -0.39 is 0 Å². The first-order chi connectivity index (χ1) is 9.72. The Kier molecular flexibility index (Phi) is 3.75. The zero-order valence-electron chi connectivity index (χ0n) is 11.3.